The first-order valence-corrected chi connectivity index (χ1v) is 8.38. The molecule has 3 aromatic rings. The molecule has 0 unspecified atom stereocenters. The Balaban J connectivity index is 1.51. The summed E-state index contributed by atoms with van der Waals surface area (Å²) in [4.78, 5) is 24.0. The molecular formula is C20H18FN3O4. The van der Waals surface area contributed by atoms with Crippen molar-refractivity contribution in [2.45, 2.75) is 0 Å². The van der Waals surface area contributed by atoms with Crippen LogP contribution in [0.5, 0.6) is 5.75 Å². The summed E-state index contributed by atoms with van der Waals surface area (Å²) in [5, 5.41) is 2.92. The van der Waals surface area contributed by atoms with Gasteiger partial charge in [-0.25, -0.2) is 4.39 Å². The lowest BCUT2D eigenvalue weighted by Crippen LogP contribution is -2.44. The SMILES string of the molecule is COc1ccccc1NCC(=O)NNC(=O)c1ccc(-c2ccc(F)cc2)o1. The number of carbonyl (C=O) groups excluding carboxylic acids is 2. The number of hydrogen-bond donors (Lipinski definition) is 3. The van der Waals surface area contributed by atoms with Crippen molar-refractivity contribution in [3.8, 4) is 17.1 Å². The van der Waals surface area contributed by atoms with E-state index in [1.807, 2.05) is 6.07 Å². The van der Waals surface area contributed by atoms with E-state index in [0.717, 1.165) is 0 Å². The number of hydrazine groups is 1. The van der Waals surface area contributed by atoms with Crippen molar-refractivity contribution in [3.63, 3.8) is 0 Å². The van der Waals surface area contributed by atoms with Gasteiger partial charge in [-0.05, 0) is 48.5 Å². The largest absolute Gasteiger partial charge is 0.495 e. The highest BCUT2D eigenvalue weighted by Gasteiger charge is 2.13. The predicted molar refractivity (Wildman–Crippen MR) is 101 cm³/mol. The van der Waals surface area contributed by atoms with Crippen molar-refractivity contribution < 1.29 is 23.1 Å². The molecule has 1 heterocycles. The van der Waals surface area contributed by atoms with Crippen molar-refractivity contribution in [2.75, 3.05) is 19.0 Å². The summed E-state index contributed by atoms with van der Waals surface area (Å²) >= 11 is 0. The number of amides is 2. The van der Waals surface area contributed by atoms with Gasteiger partial charge in [-0.3, -0.25) is 20.4 Å². The van der Waals surface area contributed by atoms with Crippen LogP contribution in [-0.2, 0) is 4.79 Å². The molecule has 0 aliphatic heterocycles. The molecule has 0 fully saturated rings. The van der Waals surface area contributed by atoms with Crippen LogP contribution in [0.2, 0.25) is 0 Å². The molecule has 2 aromatic carbocycles. The summed E-state index contributed by atoms with van der Waals surface area (Å²) in [5.74, 6) is -0.406. The summed E-state index contributed by atoms with van der Waals surface area (Å²) in [6.07, 6.45) is 0. The van der Waals surface area contributed by atoms with Crippen LogP contribution in [0, 0.1) is 5.82 Å². The maximum atomic E-state index is 13.0. The fraction of sp³-hybridized carbons (Fsp3) is 0.100. The van der Waals surface area contributed by atoms with Gasteiger partial charge in [0.25, 0.3) is 5.91 Å². The van der Waals surface area contributed by atoms with Crippen LogP contribution in [0.1, 0.15) is 10.6 Å². The quantitative estimate of drug-likeness (QED) is 0.569. The number of methoxy groups -OCH3 is 1. The number of rotatable bonds is 6. The highest BCUT2D eigenvalue weighted by atomic mass is 19.1. The highest BCUT2D eigenvalue weighted by Crippen LogP contribution is 2.23. The summed E-state index contributed by atoms with van der Waals surface area (Å²) in [5.41, 5.74) is 5.85. The van der Waals surface area contributed by atoms with Gasteiger partial charge in [0.1, 0.15) is 17.3 Å². The summed E-state index contributed by atoms with van der Waals surface area (Å²) in [7, 11) is 1.53. The number of halogens is 1. The monoisotopic (exact) mass is 383 g/mol. The molecule has 0 saturated carbocycles. The Kier molecular flexibility index (Phi) is 5.91. The van der Waals surface area contributed by atoms with Crippen LogP contribution in [0.3, 0.4) is 0 Å². The Labute approximate surface area is 160 Å². The predicted octanol–water partition coefficient (Wildman–Crippen LogP) is 2.97. The van der Waals surface area contributed by atoms with Crippen LogP contribution < -0.4 is 20.9 Å². The zero-order valence-electron chi connectivity index (χ0n) is 15.0. The molecule has 7 nitrogen and oxygen atoms in total. The third-order valence-electron chi connectivity index (χ3n) is 3.82. The third-order valence-corrected chi connectivity index (χ3v) is 3.82. The fourth-order valence-corrected chi connectivity index (χ4v) is 2.43. The standard InChI is InChI=1S/C20H18FN3O4/c1-27-17-5-3-2-4-15(17)22-12-19(25)23-24-20(26)18-11-10-16(28-18)13-6-8-14(21)9-7-13/h2-11,22H,12H2,1H3,(H,23,25)(H,24,26). The Hall–Kier alpha value is -3.81. The van der Waals surface area contributed by atoms with Crippen molar-refractivity contribution >= 4 is 17.5 Å². The van der Waals surface area contributed by atoms with Gasteiger partial charge in [-0.1, -0.05) is 12.1 Å². The van der Waals surface area contributed by atoms with Crippen molar-refractivity contribution in [3.05, 3.63) is 72.2 Å². The number of para-hydroxylation sites is 2. The van der Waals surface area contributed by atoms with Gasteiger partial charge >= 0.3 is 5.91 Å². The molecule has 8 heteroatoms. The molecule has 0 aliphatic rings. The molecule has 0 spiro atoms. The Bertz CT molecular complexity index is 970. The minimum Gasteiger partial charge on any atom is -0.495 e. The third kappa shape index (κ3) is 4.67. The first kappa shape index (κ1) is 19.0. The van der Waals surface area contributed by atoms with E-state index in [9.17, 15) is 14.0 Å². The lowest BCUT2D eigenvalue weighted by molar-refractivity contribution is -0.120. The lowest BCUT2D eigenvalue weighted by Gasteiger charge is -2.11. The van der Waals surface area contributed by atoms with Crippen LogP contribution in [0.25, 0.3) is 11.3 Å². The van der Waals surface area contributed by atoms with Crippen LogP contribution in [-0.4, -0.2) is 25.5 Å². The van der Waals surface area contributed by atoms with Crippen molar-refractivity contribution in [2.24, 2.45) is 0 Å². The number of anilines is 1. The van der Waals surface area contributed by atoms with Crippen molar-refractivity contribution in [1.29, 1.82) is 0 Å². The minimum absolute atomic E-state index is 0.0114. The molecule has 28 heavy (non-hydrogen) atoms. The minimum atomic E-state index is -0.612. The molecule has 1 aromatic heterocycles. The van der Waals surface area contributed by atoms with Crippen LogP contribution in [0.15, 0.2) is 65.1 Å². The van der Waals surface area contributed by atoms with E-state index in [4.69, 9.17) is 9.15 Å². The topological polar surface area (TPSA) is 92.6 Å². The second kappa shape index (κ2) is 8.72. The smallest absolute Gasteiger partial charge is 0.305 e. The molecule has 3 rings (SSSR count). The Morgan fingerprint density at radius 2 is 1.75 bits per heavy atom. The number of nitrogens with one attached hydrogen (secondary N) is 3. The molecule has 0 aliphatic carbocycles. The van der Waals surface area contributed by atoms with Gasteiger partial charge in [-0.15, -0.1) is 0 Å². The highest BCUT2D eigenvalue weighted by molar-refractivity contribution is 5.94. The van der Waals surface area contributed by atoms with E-state index in [1.54, 1.807) is 36.4 Å². The first-order chi connectivity index (χ1) is 13.6. The number of furan rings is 1. The zero-order chi connectivity index (χ0) is 19.9. The van der Waals surface area contributed by atoms with Crippen molar-refractivity contribution in [1.82, 2.24) is 10.9 Å². The first-order valence-electron chi connectivity index (χ1n) is 8.38. The van der Waals surface area contributed by atoms with Gasteiger partial charge in [0.15, 0.2) is 5.76 Å². The van der Waals surface area contributed by atoms with E-state index in [0.29, 0.717) is 22.8 Å². The summed E-state index contributed by atoms with van der Waals surface area (Å²) in [6, 6.07) is 15.9. The molecule has 144 valence electrons. The number of hydrogen-bond acceptors (Lipinski definition) is 5. The normalized spacial score (nSPS) is 10.2. The summed E-state index contributed by atoms with van der Waals surface area (Å²) in [6.45, 7) is -0.0698. The maximum Gasteiger partial charge on any atom is 0.305 e. The Morgan fingerprint density at radius 1 is 1.00 bits per heavy atom. The Morgan fingerprint density at radius 3 is 2.50 bits per heavy atom. The number of benzene rings is 2. The average Bonchev–Trinajstić information content (AvgIpc) is 3.21. The lowest BCUT2D eigenvalue weighted by atomic mass is 10.2. The molecule has 0 radical (unpaired) electrons. The van der Waals surface area contributed by atoms with E-state index in [1.165, 1.54) is 25.3 Å². The van der Waals surface area contributed by atoms with Gasteiger partial charge in [0.2, 0.25) is 0 Å². The van der Waals surface area contributed by atoms with E-state index < -0.39 is 11.8 Å². The molecule has 3 N–H and O–H groups in total. The molecular weight excluding hydrogens is 365 g/mol. The number of ether oxygens (including phenoxy) is 1. The number of carbonyl (C=O) groups is 2. The van der Waals surface area contributed by atoms with Crippen LogP contribution in [0.4, 0.5) is 10.1 Å². The van der Waals surface area contributed by atoms with E-state index >= 15 is 0 Å². The molecule has 0 bridgehead atoms. The van der Waals surface area contributed by atoms with E-state index in [-0.39, 0.29) is 18.1 Å². The summed E-state index contributed by atoms with van der Waals surface area (Å²) < 4.78 is 23.6. The second-order valence-electron chi connectivity index (χ2n) is 5.73. The second-order valence-corrected chi connectivity index (χ2v) is 5.73. The molecule has 0 atom stereocenters. The maximum absolute atomic E-state index is 13.0. The molecule has 2 amide bonds. The van der Waals surface area contributed by atoms with Crippen LogP contribution >= 0.6 is 0 Å². The van der Waals surface area contributed by atoms with Gasteiger partial charge in [0, 0.05) is 5.56 Å². The van der Waals surface area contributed by atoms with E-state index in [2.05, 4.69) is 16.2 Å². The van der Waals surface area contributed by atoms with Gasteiger partial charge in [0.05, 0.1) is 19.3 Å². The van der Waals surface area contributed by atoms with Gasteiger partial charge < -0.3 is 14.5 Å². The van der Waals surface area contributed by atoms with Gasteiger partial charge in [-0.2, -0.15) is 0 Å². The fourth-order valence-electron chi connectivity index (χ4n) is 2.43. The zero-order valence-corrected chi connectivity index (χ0v) is 15.0. The molecule has 0 saturated heterocycles. The average molecular weight is 383 g/mol.